The second kappa shape index (κ2) is 5.49. The minimum Gasteiger partial charge on any atom is -0.469 e. The van der Waals surface area contributed by atoms with Gasteiger partial charge < -0.3 is 14.4 Å². The molecule has 1 fully saturated rings. The molecular formula is C12H21NO4. The first-order valence-electron chi connectivity index (χ1n) is 5.90. The Hall–Kier alpha value is -1.10. The lowest BCUT2D eigenvalue weighted by atomic mass is 10.0. The van der Waals surface area contributed by atoms with Crippen LogP contribution in [-0.4, -0.2) is 49.7 Å². The minimum atomic E-state index is -0.787. The second-order valence-corrected chi connectivity index (χ2v) is 4.55. The SMILES string of the molecule is CCC(C)(OC)C(=O)N1CCC(C(=O)OC)C1. The third-order valence-corrected chi connectivity index (χ3v) is 3.59. The van der Waals surface area contributed by atoms with Gasteiger partial charge in [-0.05, 0) is 19.8 Å². The molecule has 0 spiro atoms. The van der Waals surface area contributed by atoms with E-state index in [1.54, 1.807) is 11.8 Å². The van der Waals surface area contributed by atoms with E-state index in [0.717, 1.165) is 0 Å². The van der Waals surface area contributed by atoms with E-state index < -0.39 is 5.60 Å². The van der Waals surface area contributed by atoms with Gasteiger partial charge in [-0.25, -0.2) is 0 Å². The Morgan fingerprint density at radius 1 is 1.41 bits per heavy atom. The normalized spacial score (nSPS) is 23.3. The van der Waals surface area contributed by atoms with Crippen molar-refractivity contribution in [2.45, 2.75) is 32.3 Å². The number of likely N-dealkylation sites (tertiary alicyclic amines) is 1. The standard InChI is InChI=1S/C12H21NO4/c1-5-12(2,17-4)11(15)13-7-6-9(8-13)10(14)16-3/h9H,5-8H2,1-4H3. The molecule has 5 nitrogen and oxygen atoms in total. The quantitative estimate of drug-likeness (QED) is 0.686. The lowest BCUT2D eigenvalue weighted by molar-refractivity contribution is -0.153. The summed E-state index contributed by atoms with van der Waals surface area (Å²) >= 11 is 0. The molecule has 1 aliphatic heterocycles. The van der Waals surface area contributed by atoms with E-state index in [2.05, 4.69) is 0 Å². The maximum atomic E-state index is 12.2. The second-order valence-electron chi connectivity index (χ2n) is 4.55. The summed E-state index contributed by atoms with van der Waals surface area (Å²) in [4.78, 5) is 25.3. The molecule has 5 heteroatoms. The summed E-state index contributed by atoms with van der Waals surface area (Å²) in [6.45, 7) is 4.72. The number of hydrogen-bond acceptors (Lipinski definition) is 4. The molecular weight excluding hydrogens is 222 g/mol. The molecule has 17 heavy (non-hydrogen) atoms. The monoisotopic (exact) mass is 243 g/mol. The molecule has 98 valence electrons. The molecule has 1 rings (SSSR count). The summed E-state index contributed by atoms with van der Waals surface area (Å²) in [6, 6.07) is 0. The molecule has 0 aliphatic carbocycles. The molecule has 0 saturated carbocycles. The highest BCUT2D eigenvalue weighted by molar-refractivity contribution is 5.86. The number of amides is 1. The lowest BCUT2D eigenvalue weighted by Crippen LogP contribution is -2.47. The Morgan fingerprint density at radius 3 is 2.53 bits per heavy atom. The van der Waals surface area contributed by atoms with Gasteiger partial charge in [0.1, 0.15) is 5.60 Å². The van der Waals surface area contributed by atoms with Crippen molar-refractivity contribution in [2.24, 2.45) is 5.92 Å². The van der Waals surface area contributed by atoms with Crippen molar-refractivity contribution < 1.29 is 19.1 Å². The van der Waals surface area contributed by atoms with Crippen molar-refractivity contribution in [1.29, 1.82) is 0 Å². The van der Waals surface area contributed by atoms with Crippen LogP contribution in [0.3, 0.4) is 0 Å². The van der Waals surface area contributed by atoms with E-state index >= 15 is 0 Å². The highest BCUT2D eigenvalue weighted by Crippen LogP contribution is 2.24. The van der Waals surface area contributed by atoms with Gasteiger partial charge in [-0.2, -0.15) is 0 Å². The summed E-state index contributed by atoms with van der Waals surface area (Å²) in [7, 11) is 2.91. The highest BCUT2D eigenvalue weighted by atomic mass is 16.5. The predicted molar refractivity (Wildman–Crippen MR) is 62.4 cm³/mol. The molecule has 1 amide bonds. The third-order valence-electron chi connectivity index (χ3n) is 3.59. The average molecular weight is 243 g/mol. The summed E-state index contributed by atoms with van der Waals surface area (Å²) in [5.74, 6) is -0.480. The number of carbonyl (C=O) groups excluding carboxylic acids is 2. The first-order valence-corrected chi connectivity index (χ1v) is 5.90. The zero-order valence-electron chi connectivity index (χ0n) is 11.0. The first-order chi connectivity index (χ1) is 7.98. The Morgan fingerprint density at radius 2 is 2.06 bits per heavy atom. The first kappa shape index (κ1) is 14.0. The van der Waals surface area contributed by atoms with Crippen LogP contribution in [0.25, 0.3) is 0 Å². The van der Waals surface area contributed by atoms with Crippen LogP contribution < -0.4 is 0 Å². The van der Waals surface area contributed by atoms with Gasteiger partial charge >= 0.3 is 5.97 Å². The Balaban J connectivity index is 2.65. The van der Waals surface area contributed by atoms with Crippen molar-refractivity contribution in [3.63, 3.8) is 0 Å². The van der Waals surface area contributed by atoms with Crippen LogP contribution in [-0.2, 0) is 19.1 Å². The molecule has 0 aromatic heterocycles. The number of nitrogens with zero attached hydrogens (tertiary/aromatic N) is 1. The van der Waals surface area contributed by atoms with E-state index in [0.29, 0.717) is 25.9 Å². The number of ether oxygens (including phenoxy) is 2. The minimum absolute atomic E-state index is 0.0473. The van der Waals surface area contributed by atoms with Crippen LogP contribution in [0.1, 0.15) is 26.7 Å². The van der Waals surface area contributed by atoms with Gasteiger partial charge in [0.15, 0.2) is 0 Å². The largest absolute Gasteiger partial charge is 0.469 e. The molecule has 1 saturated heterocycles. The zero-order valence-corrected chi connectivity index (χ0v) is 11.0. The van der Waals surface area contributed by atoms with Gasteiger partial charge in [-0.15, -0.1) is 0 Å². The van der Waals surface area contributed by atoms with Crippen LogP contribution in [0, 0.1) is 5.92 Å². The van der Waals surface area contributed by atoms with Crippen molar-refractivity contribution in [3.8, 4) is 0 Å². The van der Waals surface area contributed by atoms with E-state index in [-0.39, 0.29) is 17.8 Å². The topological polar surface area (TPSA) is 55.8 Å². The number of methoxy groups -OCH3 is 2. The predicted octanol–water partition coefficient (Wildman–Crippen LogP) is 0.823. The number of rotatable bonds is 4. The fraction of sp³-hybridized carbons (Fsp3) is 0.833. The summed E-state index contributed by atoms with van der Waals surface area (Å²) in [5.41, 5.74) is -0.787. The molecule has 0 bridgehead atoms. The molecule has 0 N–H and O–H groups in total. The Bertz CT molecular complexity index is 299. The van der Waals surface area contributed by atoms with Gasteiger partial charge in [-0.1, -0.05) is 6.92 Å². The molecule has 0 aromatic rings. The third kappa shape index (κ3) is 2.77. The van der Waals surface area contributed by atoms with E-state index in [4.69, 9.17) is 9.47 Å². The van der Waals surface area contributed by atoms with Gasteiger partial charge in [0, 0.05) is 20.2 Å². The zero-order chi connectivity index (χ0) is 13.1. The van der Waals surface area contributed by atoms with E-state index in [9.17, 15) is 9.59 Å². The maximum absolute atomic E-state index is 12.2. The fourth-order valence-electron chi connectivity index (χ4n) is 2.02. The number of carbonyl (C=O) groups is 2. The molecule has 2 unspecified atom stereocenters. The van der Waals surface area contributed by atoms with Gasteiger partial charge in [0.2, 0.25) is 0 Å². The van der Waals surface area contributed by atoms with Crippen molar-refractivity contribution in [2.75, 3.05) is 27.3 Å². The average Bonchev–Trinajstić information content (AvgIpc) is 2.85. The van der Waals surface area contributed by atoms with Gasteiger partial charge in [0.05, 0.1) is 13.0 Å². The maximum Gasteiger partial charge on any atom is 0.310 e. The van der Waals surface area contributed by atoms with Gasteiger partial charge in [-0.3, -0.25) is 9.59 Å². The Kier molecular flexibility index (Phi) is 4.51. The molecule has 0 aromatic carbocycles. The highest BCUT2D eigenvalue weighted by Gasteiger charge is 2.40. The molecule has 2 atom stereocenters. The van der Waals surface area contributed by atoms with E-state index in [1.807, 2.05) is 6.92 Å². The van der Waals surface area contributed by atoms with Crippen molar-refractivity contribution >= 4 is 11.9 Å². The molecule has 1 aliphatic rings. The van der Waals surface area contributed by atoms with Crippen LogP contribution in [0.15, 0.2) is 0 Å². The summed E-state index contributed by atoms with van der Waals surface area (Å²) in [5, 5.41) is 0. The van der Waals surface area contributed by atoms with Crippen molar-refractivity contribution in [3.05, 3.63) is 0 Å². The molecule has 1 heterocycles. The van der Waals surface area contributed by atoms with Crippen LogP contribution in [0.2, 0.25) is 0 Å². The summed E-state index contributed by atoms with van der Waals surface area (Å²) < 4.78 is 9.97. The van der Waals surface area contributed by atoms with E-state index in [1.165, 1.54) is 14.2 Å². The smallest absolute Gasteiger partial charge is 0.310 e. The van der Waals surface area contributed by atoms with Crippen LogP contribution in [0.4, 0.5) is 0 Å². The summed E-state index contributed by atoms with van der Waals surface area (Å²) in [6.07, 6.45) is 1.28. The number of hydrogen-bond donors (Lipinski definition) is 0. The Labute approximate surface area is 102 Å². The van der Waals surface area contributed by atoms with Crippen LogP contribution in [0.5, 0.6) is 0 Å². The lowest BCUT2D eigenvalue weighted by Gasteiger charge is -2.30. The van der Waals surface area contributed by atoms with Crippen LogP contribution >= 0.6 is 0 Å². The fourth-order valence-corrected chi connectivity index (χ4v) is 2.02. The number of esters is 1. The molecule has 0 radical (unpaired) electrons. The van der Waals surface area contributed by atoms with Gasteiger partial charge in [0.25, 0.3) is 5.91 Å². The van der Waals surface area contributed by atoms with Crippen molar-refractivity contribution in [1.82, 2.24) is 4.90 Å².